The number of ether oxygens (including phenoxy) is 2. The number of esters is 1. The van der Waals surface area contributed by atoms with Gasteiger partial charge in [0.2, 0.25) is 0 Å². The molecular formula is C22H20ClIN2O5. The molecule has 9 heteroatoms. The van der Waals surface area contributed by atoms with Crippen LogP contribution in [0, 0.1) is 3.57 Å². The minimum atomic E-state index is -0.573. The summed E-state index contributed by atoms with van der Waals surface area (Å²) in [5.74, 6) is -0.584. The van der Waals surface area contributed by atoms with Crippen molar-refractivity contribution in [3.8, 4) is 11.5 Å². The number of halogens is 2. The van der Waals surface area contributed by atoms with Crippen molar-refractivity contribution in [3.05, 3.63) is 55.6 Å². The Balaban J connectivity index is 1.96. The van der Waals surface area contributed by atoms with Gasteiger partial charge in [-0.25, -0.2) is 4.79 Å². The van der Waals surface area contributed by atoms with Crippen LogP contribution in [0.2, 0.25) is 5.02 Å². The third-order valence-electron chi connectivity index (χ3n) is 4.40. The predicted octanol–water partition coefficient (Wildman–Crippen LogP) is 5.03. The summed E-state index contributed by atoms with van der Waals surface area (Å²) in [6.45, 7) is 5.20. The smallest absolute Gasteiger partial charge is 0.339 e. The van der Waals surface area contributed by atoms with Gasteiger partial charge in [0.1, 0.15) is 0 Å². The lowest BCUT2D eigenvalue weighted by Gasteiger charge is -2.15. The zero-order valence-corrected chi connectivity index (χ0v) is 20.2. The van der Waals surface area contributed by atoms with E-state index in [4.69, 9.17) is 21.1 Å². The standard InChI is InChI=1S/C22H20ClIN2O5/c1-11(2)31-22(29)16-10-14(5-6-17(16)23)26-21(28)15(12(3)25-26)7-13-8-18(24)20(27)19(9-13)30-4/h5-11,27H,1-4H3/b15-7-. The van der Waals surface area contributed by atoms with Crippen LogP contribution in [-0.2, 0) is 9.53 Å². The van der Waals surface area contributed by atoms with Crippen LogP contribution in [0.25, 0.3) is 6.08 Å². The van der Waals surface area contributed by atoms with E-state index < -0.39 is 5.97 Å². The molecule has 0 spiro atoms. The Labute approximate surface area is 198 Å². The highest BCUT2D eigenvalue weighted by Crippen LogP contribution is 2.34. The van der Waals surface area contributed by atoms with Gasteiger partial charge in [0.25, 0.3) is 5.91 Å². The zero-order valence-electron chi connectivity index (χ0n) is 17.3. The number of hydrazone groups is 1. The maximum atomic E-state index is 13.1. The molecule has 2 aromatic rings. The van der Waals surface area contributed by atoms with E-state index in [-0.39, 0.29) is 28.3 Å². The quantitative estimate of drug-likeness (QED) is 0.318. The van der Waals surface area contributed by atoms with Crippen LogP contribution in [0.5, 0.6) is 11.5 Å². The molecule has 2 aromatic carbocycles. The van der Waals surface area contributed by atoms with E-state index in [1.807, 2.05) is 22.6 Å². The summed E-state index contributed by atoms with van der Waals surface area (Å²) in [6.07, 6.45) is 1.37. The summed E-state index contributed by atoms with van der Waals surface area (Å²) < 4.78 is 11.0. The van der Waals surface area contributed by atoms with E-state index in [1.165, 1.54) is 24.3 Å². The molecule has 0 fully saturated rings. The van der Waals surface area contributed by atoms with Gasteiger partial charge in [-0.1, -0.05) is 11.6 Å². The van der Waals surface area contributed by atoms with E-state index >= 15 is 0 Å². The van der Waals surface area contributed by atoms with Crippen LogP contribution in [-0.4, -0.2) is 35.9 Å². The molecule has 1 amide bonds. The summed E-state index contributed by atoms with van der Waals surface area (Å²) in [6, 6.07) is 7.99. The van der Waals surface area contributed by atoms with Crippen LogP contribution in [0.3, 0.4) is 0 Å². The summed E-state index contributed by atoms with van der Waals surface area (Å²) in [5.41, 5.74) is 2.11. The zero-order chi connectivity index (χ0) is 22.9. The number of methoxy groups -OCH3 is 1. The second-order valence-electron chi connectivity index (χ2n) is 7.03. The lowest BCUT2D eigenvalue weighted by Crippen LogP contribution is -2.22. The highest BCUT2D eigenvalue weighted by Gasteiger charge is 2.30. The number of amides is 1. The molecule has 0 radical (unpaired) electrons. The number of hydrogen-bond acceptors (Lipinski definition) is 6. The predicted molar refractivity (Wildman–Crippen MR) is 128 cm³/mol. The molecule has 0 unspecified atom stereocenters. The summed E-state index contributed by atoms with van der Waals surface area (Å²) in [7, 11) is 1.46. The first-order chi connectivity index (χ1) is 14.6. The number of nitrogens with zero attached hydrogens (tertiary/aromatic N) is 2. The SMILES string of the molecule is COc1cc(/C=C2\C(=O)N(c3ccc(Cl)c(C(=O)OC(C)C)c3)N=C2C)cc(I)c1O. The van der Waals surface area contributed by atoms with Crippen LogP contribution in [0.15, 0.2) is 41.0 Å². The van der Waals surface area contributed by atoms with Crippen LogP contribution < -0.4 is 9.75 Å². The van der Waals surface area contributed by atoms with Crippen molar-refractivity contribution in [2.24, 2.45) is 5.10 Å². The maximum absolute atomic E-state index is 13.1. The minimum Gasteiger partial charge on any atom is -0.504 e. The Morgan fingerprint density at radius 3 is 2.65 bits per heavy atom. The molecule has 3 rings (SSSR count). The topological polar surface area (TPSA) is 88.4 Å². The molecule has 1 aliphatic rings. The third-order valence-corrected chi connectivity index (χ3v) is 5.55. The van der Waals surface area contributed by atoms with Gasteiger partial charge in [0.15, 0.2) is 11.5 Å². The van der Waals surface area contributed by atoms with Crippen molar-refractivity contribution in [2.45, 2.75) is 26.9 Å². The van der Waals surface area contributed by atoms with E-state index in [0.717, 1.165) is 0 Å². The van der Waals surface area contributed by atoms with E-state index in [2.05, 4.69) is 5.10 Å². The summed E-state index contributed by atoms with van der Waals surface area (Å²) in [5, 5.41) is 15.8. The fraction of sp³-hybridized carbons (Fsp3) is 0.227. The second-order valence-corrected chi connectivity index (χ2v) is 8.60. The Hall–Kier alpha value is -2.59. The molecule has 0 bridgehead atoms. The highest BCUT2D eigenvalue weighted by molar-refractivity contribution is 14.1. The number of carbonyl (C=O) groups is 2. The largest absolute Gasteiger partial charge is 0.504 e. The third kappa shape index (κ3) is 4.85. The molecule has 0 aliphatic carbocycles. The van der Waals surface area contributed by atoms with Crippen LogP contribution in [0.1, 0.15) is 36.7 Å². The lowest BCUT2D eigenvalue weighted by molar-refractivity contribution is -0.114. The number of hydrogen-bond donors (Lipinski definition) is 1. The number of benzene rings is 2. The van der Waals surface area contributed by atoms with Crippen molar-refractivity contribution in [2.75, 3.05) is 12.1 Å². The number of aromatic hydroxyl groups is 1. The van der Waals surface area contributed by atoms with Crippen molar-refractivity contribution in [1.29, 1.82) is 0 Å². The minimum absolute atomic E-state index is 0.0389. The first-order valence-corrected chi connectivity index (χ1v) is 10.8. The highest BCUT2D eigenvalue weighted by atomic mass is 127. The van der Waals surface area contributed by atoms with Crippen molar-refractivity contribution in [3.63, 3.8) is 0 Å². The summed E-state index contributed by atoms with van der Waals surface area (Å²) in [4.78, 5) is 25.4. The molecule has 1 N–H and O–H groups in total. The fourth-order valence-electron chi connectivity index (χ4n) is 2.94. The molecule has 7 nitrogen and oxygen atoms in total. The van der Waals surface area contributed by atoms with E-state index in [0.29, 0.717) is 31.9 Å². The molecule has 31 heavy (non-hydrogen) atoms. The van der Waals surface area contributed by atoms with Crippen molar-refractivity contribution in [1.82, 2.24) is 0 Å². The number of anilines is 1. The second kappa shape index (κ2) is 9.27. The normalized spacial score (nSPS) is 14.9. The average molecular weight is 555 g/mol. The number of rotatable bonds is 5. The van der Waals surface area contributed by atoms with Crippen LogP contribution >= 0.6 is 34.2 Å². The Bertz CT molecular complexity index is 1130. The first-order valence-electron chi connectivity index (χ1n) is 9.31. The molecular weight excluding hydrogens is 535 g/mol. The molecule has 1 aliphatic heterocycles. The average Bonchev–Trinajstić information content (AvgIpc) is 2.98. The molecule has 0 saturated heterocycles. The monoisotopic (exact) mass is 554 g/mol. The summed E-state index contributed by atoms with van der Waals surface area (Å²) >= 11 is 8.14. The maximum Gasteiger partial charge on any atom is 0.339 e. The first kappa shape index (κ1) is 23.1. The van der Waals surface area contributed by atoms with Gasteiger partial charge < -0.3 is 14.6 Å². The van der Waals surface area contributed by atoms with Crippen molar-refractivity contribution < 1.29 is 24.2 Å². The van der Waals surface area contributed by atoms with Gasteiger partial charge in [-0.15, -0.1) is 0 Å². The van der Waals surface area contributed by atoms with Gasteiger partial charge >= 0.3 is 5.97 Å². The van der Waals surface area contributed by atoms with Gasteiger partial charge in [-0.3, -0.25) is 4.79 Å². The number of phenolic OH excluding ortho intramolecular Hbond substituents is 1. The molecule has 0 aromatic heterocycles. The van der Waals surface area contributed by atoms with Gasteiger partial charge in [0.05, 0.1) is 44.3 Å². The Morgan fingerprint density at radius 1 is 1.29 bits per heavy atom. The molecule has 162 valence electrons. The number of phenols is 1. The van der Waals surface area contributed by atoms with Gasteiger partial charge in [0, 0.05) is 0 Å². The lowest BCUT2D eigenvalue weighted by atomic mass is 10.1. The van der Waals surface area contributed by atoms with Crippen LogP contribution in [0.4, 0.5) is 5.69 Å². The van der Waals surface area contributed by atoms with Gasteiger partial charge in [-0.05, 0) is 85.3 Å². The van der Waals surface area contributed by atoms with E-state index in [1.54, 1.807) is 45.0 Å². The molecule has 0 saturated carbocycles. The number of carbonyl (C=O) groups excluding carboxylic acids is 2. The fourth-order valence-corrected chi connectivity index (χ4v) is 3.76. The van der Waals surface area contributed by atoms with Crippen molar-refractivity contribution >= 4 is 63.5 Å². The Kier molecular flexibility index (Phi) is 6.90. The molecule has 0 atom stereocenters. The molecule has 1 heterocycles. The van der Waals surface area contributed by atoms with Gasteiger partial charge in [-0.2, -0.15) is 10.1 Å². The van der Waals surface area contributed by atoms with E-state index in [9.17, 15) is 14.7 Å². The Morgan fingerprint density at radius 2 is 2.00 bits per heavy atom.